The lowest BCUT2D eigenvalue weighted by atomic mass is 9.90. The van der Waals surface area contributed by atoms with Gasteiger partial charge in [0.1, 0.15) is 12.2 Å². The van der Waals surface area contributed by atoms with Gasteiger partial charge in [0.25, 0.3) is 0 Å². The summed E-state index contributed by atoms with van der Waals surface area (Å²) in [5.74, 6) is 0.339. The third-order valence-corrected chi connectivity index (χ3v) is 3.06. The van der Waals surface area contributed by atoms with Crippen molar-refractivity contribution in [3.05, 3.63) is 0 Å². The van der Waals surface area contributed by atoms with Crippen LogP contribution in [0.25, 0.3) is 0 Å². The van der Waals surface area contributed by atoms with Crippen molar-refractivity contribution in [1.82, 2.24) is 0 Å². The summed E-state index contributed by atoms with van der Waals surface area (Å²) in [6, 6.07) is 0. The Labute approximate surface area is 84.5 Å². The van der Waals surface area contributed by atoms with E-state index in [0.29, 0.717) is 12.3 Å². The minimum absolute atomic E-state index is 0.0597. The molecule has 1 saturated heterocycles. The number of hydrogen-bond donors (Lipinski definition) is 3. The van der Waals surface area contributed by atoms with Gasteiger partial charge in [-0.2, -0.15) is 0 Å². The van der Waals surface area contributed by atoms with Crippen molar-refractivity contribution in [2.75, 3.05) is 6.61 Å². The maximum absolute atomic E-state index is 9.55. The van der Waals surface area contributed by atoms with E-state index in [2.05, 4.69) is 6.92 Å². The molecule has 1 rings (SSSR count). The molecule has 1 fully saturated rings. The second-order valence-corrected chi connectivity index (χ2v) is 4.07. The molecule has 0 bridgehead atoms. The van der Waals surface area contributed by atoms with Crippen LogP contribution in [0.3, 0.4) is 0 Å². The van der Waals surface area contributed by atoms with Gasteiger partial charge in [-0.15, -0.1) is 0 Å². The molecule has 4 nitrogen and oxygen atoms in total. The van der Waals surface area contributed by atoms with Gasteiger partial charge in [-0.3, -0.25) is 0 Å². The third kappa shape index (κ3) is 2.45. The van der Waals surface area contributed by atoms with Crippen molar-refractivity contribution in [3.8, 4) is 0 Å². The number of hydrogen-bond acceptors (Lipinski definition) is 4. The molecule has 5 atom stereocenters. The predicted molar refractivity (Wildman–Crippen MR) is 51.8 cm³/mol. The highest BCUT2D eigenvalue weighted by molar-refractivity contribution is 4.86. The minimum atomic E-state index is -0.958. The molecule has 0 saturated carbocycles. The molecule has 4 heteroatoms. The summed E-state index contributed by atoms with van der Waals surface area (Å²) in [5, 5.41) is 28.0. The van der Waals surface area contributed by atoms with Gasteiger partial charge in [0.05, 0.1) is 18.8 Å². The van der Waals surface area contributed by atoms with Crippen molar-refractivity contribution in [2.45, 2.75) is 51.1 Å². The molecule has 0 amide bonds. The zero-order valence-corrected chi connectivity index (χ0v) is 8.76. The topological polar surface area (TPSA) is 69.9 Å². The van der Waals surface area contributed by atoms with Crippen molar-refractivity contribution < 1.29 is 20.1 Å². The van der Waals surface area contributed by atoms with Crippen LogP contribution in [0.1, 0.15) is 26.7 Å². The largest absolute Gasteiger partial charge is 0.394 e. The number of aliphatic hydroxyl groups is 3. The van der Waals surface area contributed by atoms with Crippen LogP contribution in [0, 0.1) is 5.92 Å². The second-order valence-electron chi connectivity index (χ2n) is 4.07. The fourth-order valence-electron chi connectivity index (χ4n) is 1.77. The Balaban J connectivity index is 2.58. The van der Waals surface area contributed by atoms with Crippen molar-refractivity contribution in [3.63, 3.8) is 0 Å². The van der Waals surface area contributed by atoms with E-state index < -0.39 is 18.3 Å². The predicted octanol–water partition coefficient (Wildman–Crippen LogP) is -0.0959. The number of rotatable bonds is 3. The van der Waals surface area contributed by atoms with Crippen molar-refractivity contribution in [1.29, 1.82) is 0 Å². The van der Waals surface area contributed by atoms with Gasteiger partial charge in [-0.05, 0) is 5.92 Å². The molecule has 84 valence electrons. The van der Waals surface area contributed by atoms with E-state index in [1.54, 1.807) is 0 Å². The first kappa shape index (κ1) is 11.9. The Morgan fingerprint density at radius 1 is 1.43 bits per heavy atom. The van der Waals surface area contributed by atoms with Crippen LogP contribution in [-0.2, 0) is 4.74 Å². The summed E-state index contributed by atoms with van der Waals surface area (Å²) in [5.41, 5.74) is 0. The van der Waals surface area contributed by atoms with E-state index in [9.17, 15) is 10.2 Å². The van der Waals surface area contributed by atoms with E-state index in [1.165, 1.54) is 0 Å². The lowest BCUT2D eigenvalue weighted by Crippen LogP contribution is -2.51. The molecule has 0 aliphatic carbocycles. The molecule has 1 heterocycles. The van der Waals surface area contributed by atoms with E-state index in [1.807, 2.05) is 6.92 Å². The Morgan fingerprint density at radius 3 is 2.57 bits per heavy atom. The van der Waals surface area contributed by atoms with Gasteiger partial charge in [0.15, 0.2) is 0 Å². The van der Waals surface area contributed by atoms with Crippen LogP contribution in [0.4, 0.5) is 0 Å². The van der Waals surface area contributed by atoms with Gasteiger partial charge in [-0.1, -0.05) is 20.3 Å². The third-order valence-electron chi connectivity index (χ3n) is 3.06. The van der Waals surface area contributed by atoms with E-state index in [-0.39, 0.29) is 12.7 Å². The van der Waals surface area contributed by atoms with Gasteiger partial charge in [-0.25, -0.2) is 0 Å². The highest BCUT2D eigenvalue weighted by Crippen LogP contribution is 2.26. The normalized spacial score (nSPS) is 40.9. The lowest BCUT2D eigenvalue weighted by molar-refractivity contribution is -0.190. The molecule has 1 aliphatic heterocycles. The summed E-state index contributed by atoms with van der Waals surface area (Å²) < 4.78 is 5.51. The average molecular weight is 204 g/mol. The molecular weight excluding hydrogens is 184 g/mol. The van der Waals surface area contributed by atoms with Crippen LogP contribution in [-0.4, -0.2) is 46.3 Å². The van der Waals surface area contributed by atoms with E-state index in [0.717, 1.165) is 6.42 Å². The van der Waals surface area contributed by atoms with Crippen LogP contribution in [0.15, 0.2) is 0 Å². The summed E-state index contributed by atoms with van der Waals surface area (Å²) in [7, 11) is 0. The highest BCUT2D eigenvalue weighted by atomic mass is 16.5. The quantitative estimate of drug-likeness (QED) is 0.600. The molecule has 3 unspecified atom stereocenters. The molecule has 1 aliphatic rings. The fourth-order valence-corrected chi connectivity index (χ4v) is 1.77. The number of ether oxygens (including phenoxy) is 1. The van der Waals surface area contributed by atoms with Crippen LogP contribution in [0.2, 0.25) is 0 Å². The Bertz CT molecular complexity index is 174. The van der Waals surface area contributed by atoms with Gasteiger partial charge in [0, 0.05) is 6.42 Å². The highest BCUT2D eigenvalue weighted by Gasteiger charge is 2.37. The summed E-state index contributed by atoms with van der Waals surface area (Å²) in [6.07, 6.45) is -1.02. The van der Waals surface area contributed by atoms with Crippen molar-refractivity contribution in [2.24, 2.45) is 5.92 Å². The maximum Gasteiger partial charge on any atom is 0.109 e. The molecule has 0 aromatic carbocycles. The fraction of sp³-hybridized carbons (Fsp3) is 1.00. The number of aliphatic hydroxyl groups excluding tert-OH is 3. The van der Waals surface area contributed by atoms with Crippen LogP contribution >= 0.6 is 0 Å². The molecule has 14 heavy (non-hydrogen) atoms. The molecule has 0 aromatic rings. The van der Waals surface area contributed by atoms with Crippen LogP contribution in [0.5, 0.6) is 0 Å². The first-order valence-corrected chi connectivity index (χ1v) is 5.22. The molecule has 3 N–H and O–H groups in total. The standard InChI is InChI=1S/C10H20O4/c1-3-6(2)8-4-7(12)10(13)9(5-11)14-8/h6-13H,3-5H2,1-2H3/t6?,7?,8?,9-,10+/m1/s1. The first-order chi connectivity index (χ1) is 6.60. The zero-order valence-electron chi connectivity index (χ0n) is 8.76. The SMILES string of the molecule is CCC(C)C1CC(O)[C@H](O)[C@@H](CO)O1. The van der Waals surface area contributed by atoms with E-state index in [4.69, 9.17) is 9.84 Å². The minimum Gasteiger partial charge on any atom is -0.394 e. The Kier molecular flexibility index (Phi) is 4.31. The van der Waals surface area contributed by atoms with Crippen LogP contribution < -0.4 is 0 Å². The summed E-state index contributed by atoms with van der Waals surface area (Å²) >= 11 is 0. The molecule has 0 spiro atoms. The lowest BCUT2D eigenvalue weighted by Gasteiger charge is -2.38. The summed E-state index contributed by atoms with van der Waals surface area (Å²) in [4.78, 5) is 0. The molecular formula is C10H20O4. The Hall–Kier alpha value is -0.160. The average Bonchev–Trinajstić information content (AvgIpc) is 2.20. The van der Waals surface area contributed by atoms with Gasteiger partial charge >= 0.3 is 0 Å². The second kappa shape index (κ2) is 5.07. The zero-order chi connectivity index (χ0) is 10.7. The summed E-state index contributed by atoms with van der Waals surface area (Å²) in [6.45, 7) is 3.86. The molecule has 0 radical (unpaired) electrons. The monoisotopic (exact) mass is 204 g/mol. The van der Waals surface area contributed by atoms with Crippen molar-refractivity contribution >= 4 is 0 Å². The first-order valence-electron chi connectivity index (χ1n) is 5.22. The molecule has 0 aromatic heterocycles. The van der Waals surface area contributed by atoms with Gasteiger partial charge in [0.2, 0.25) is 0 Å². The maximum atomic E-state index is 9.55. The van der Waals surface area contributed by atoms with E-state index >= 15 is 0 Å². The smallest absolute Gasteiger partial charge is 0.109 e. The Morgan fingerprint density at radius 2 is 2.07 bits per heavy atom. The van der Waals surface area contributed by atoms with Gasteiger partial charge < -0.3 is 20.1 Å².